The van der Waals surface area contributed by atoms with E-state index < -0.39 is 0 Å². The lowest BCUT2D eigenvalue weighted by molar-refractivity contribution is 0.373. The van der Waals surface area contributed by atoms with Gasteiger partial charge in [-0.2, -0.15) is 0 Å². The van der Waals surface area contributed by atoms with Gasteiger partial charge in [0.2, 0.25) is 0 Å². The summed E-state index contributed by atoms with van der Waals surface area (Å²) in [6, 6.07) is 5.20. The molecule has 2 aromatic rings. The summed E-state index contributed by atoms with van der Waals surface area (Å²) < 4.78 is 5.03. The summed E-state index contributed by atoms with van der Waals surface area (Å²) in [5.41, 5.74) is 8.89. The van der Waals surface area contributed by atoms with E-state index in [1.807, 2.05) is 12.3 Å². The Morgan fingerprint density at radius 1 is 1.40 bits per heavy atom. The van der Waals surface area contributed by atoms with Gasteiger partial charge in [0.1, 0.15) is 0 Å². The van der Waals surface area contributed by atoms with E-state index in [-0.39, 0.29) is 11.8 Å². The Morgan fingerprint density at radius 3 is 3.00 bits per heavy atom. The van der Waals surface area contributed by atoms with Crippen LogP contribution < -0.4 is 10.5 Å². The average molecular weight is 271 g/mol. The van der Waals surface area contributed by atoms with Crippen molar-refractivity contribution in [2.24, 2.45) is 5.73 Å². The molecule has 1 heterocycles. The van der Waals surface area contributed by atoms with Gasteiger partial charge in [0.25, 0.3) is 0 Å². The van der Waals surface area contributed by atoms with Crippen molar-refractivity contribution < 1.29 is 9.84 Å². The van der Waals surface area contributed by atoms with Crippen molar-refractivity contribution in [3.8, 4) is 22.9 Å². The van der Waals surface area contributed by atoms with E-state index in [9.17, 15) is 5.11 Å². The average Bonchev–Trinajstić information content (AvgIpc) is 2.47. The van der Waals surface area contributed by atoms with Crippen LogP contribution in [0.2, 0.25) is 0 Å². The topological polar surface area (TPSA) is 81.3 Å². The molecule has 1 aromatic carbocycles. The maximum absolute atomic E-state index is 9.83. The second-order valence-electron chi connectivity index (χ2n) is 4.98. The van der Waals surface area contributed by atoms with Crippen LogP contribution in [-0.2, 0) is 6.42 Å². The van der Waals surface area contributed by atoms with Crippen LogP contribution in [0.5, 0.6) is 11.5 Å². The van der Waals surface area contributed by atoms with E-state index in [0.717, 1.165) is 36.1 Å². The minimum absolute atomic E-state index is 0.0390. The molecule has 0 radical (unpaired) electrons. The number of hydrogen-bond acceptors (Lipinski definition) is 5. The number of phenolic OH excluding ortho intramolecular Hbond substituents is 1. The standard InChI is InChI=1S/C15H17N3O2/c1-20-14-6-5-9(7-13(14)19)15-17-8-10-11(16)3-2-4-12(10)18-15/h5-8,11,19H,2-4,16H2,1H3. The lowest BCUT2D eigenvalue weighted by Crippen LogP contribution is -2.19. The van der Waals surface area contributed by atoms with Gasteiger partial charge in [-0.15, -0.1) is 0 Å². The molecule has 0 aliphatic heterocycles. The summed E-state index contributed by atoms with van der Waals surface area (Å²) in [7, 11) is 1.52. The smallest absolute Gasteiger partial charge is 0.160 e. The zero-order chi connectivity index (χ0) is 14.1. The largest absolute Gasteiger partial charge is 0.504 e. The number of phenols is 1. The highest BCUT2D eigenvalue weighted by atomic mass is 16.5. The predicted molar refractivity (Wildman–Crippen MR) is 75.6 cm³/mol. The molecular formula is C15H17N3O2. The van der Waals surface area contributed by atoms with E-state index in [1.54, 1.807) is 12.1 Å². The Morgan fingerprint density at radius 2 is 2.25 bits per heavy atom. The van der Waals surface area contributed by atoms with E-state index in [4.69, 9.17) is 10.5 Å². The number of nitrogens with zero attached hydrogens (tertiary/aromatic N) is 2. The first-order chi connectivity index (χ1) is 9.69. The van der Waals surface area contributed by atoms with Crippen molar-refractivity contribution in [1.29, 1.82) is 0 Å². The molecule has 0 saturated carbocycles. The first-order valence-electron chi connectivity index (χ1n) is 6.68. The number of aryl methyl sites for hydroxylation is 1. The highest BCUT2D eigenvalue weighted by Gasteiger charge is 2.19. The number of aromatic hydroxyl groups is 1. The van der Waals surface area contributed by atoms with Gasteiger partial charge in [0.15, 0.2) is 17.3 Å². The van der Waals surface area contributed by atoms with E-state index in [2.05, 4.69) is 9.97 Å². The fourth-order valence-corrected chi connectivity index (χ4v) is 2.55. The highest BCUT2D eigenvalue weighted by molar-refractivity contribution is 5.61. The number of methoxy groups -OCH3 is 1. The molecule has 1 aromatic heterocycles. The Hall–Kier alpha value is -2.14. The van der Waals surface area contributed by atoms with Crippen molar-refractivity contribution in [1.82, 2.24) is 9.97 Å². The molecule has 0 amide bonds. The molecule has 1 aliphatic carbocycles. The van der Waals surface area contributed by atoms with E-state index in [1.165, 1.54) is 7.11 Å². The first kappa shape index (κ1) is 12.9. The summed E-state index contributed by atoms with van der Waals surface area (Å²) in [4.78, 5) is 8.95. The molecule has 5 heteroatoms. The Labute approximate surface area is 117 Å². The van der Waals surface area contributed by atoms with Crippen LogP contribution in [0.1, 0.15) is 30.1 Å². The maximum atomic E-state index is 9.83. The van der Waals surface area contributed by atoms with Gasteiger partial charge < -0.3 is 15.6 Å². The molecule has 0 fully saturated rings. The van der Waals surface area contributed by atoms with Crippen LogP contribution >= 0.6 is 0 Å². The maximum Gasteiger partial charge on any atom is 0.160 e. The lowest BCUT2D eigenvalue weighted by Gasteiger charge is -2.21. The van der Waals surface area contributed by atoms with Crippen molar-refractivity contribution in [2.45, 2.75) is 25.3 Å². The summed E-state index contributed by atoms with van der Waals surface area (Å²) in [5, 5.41) is 9.83. The van der Waals surface area contributed by atoms with Crippen LogP contribution in [0.25, 0.3) is 11.4 Å². The zero-order valence-corrected chi connectivity index (χ0v) is 11.3. The quantitative estimate of drug-likeness (QED) is 0.875. The Bertz CT molecular complexity index is 643. The molecule has 3 rings (SSSR count). The van der Waals surface area contributed by atoms with Crippen molar-refractivity contribution in [3.05, 3.63) is 35.7 Å². The van der Waals surface area contributed by atoms with Crippen molar-refractivity contribution in [3.63, 3.8) is 0 Å². The van der Waals surface area contributed by atoms with Crippen LogP contribution in [-0.4, -0.2) is 22.2 Å². The summed E-state index contributed by atoms with van der Waals surface area (Å²) in [5.74, 6) is 1.13. The fourth-order valence-electron chi connectivity index (χ4n) is 2.55. The van der Waals surface area contributed by atoms with Gasteiger partial charge in [0, 0.05) is 29.1 Å². The van der Waals surface area contributed by atoms with Gasteiger partial charge in [0.05, 0.1) is 7.11 Å². The molecule has 0 saturated heterocycles. The van der Waals surface area contributed by atoms with E-state index in [0.29, 0.717) is 11.6 Å². The molecule has 5 nitrogen and oxygen atoms in total. The second kappa shape index (κ2) is 5.09. The summed E-state index contributed by atoms with van der Waals surface area (Å²) >= 11 is 0. The molecule has 1 atom stereocenters. The normalized spacial score (nSPS) is 17.6. The fraction of sp³-hybridized carbons (Fsp3) is 0.333. The molecule has 1 unspecified atom stereocenters. The van der Waals surface area contributed by atoms with Crippen LogP contribution in [0.4, 0.5) is 0 Å². The third-order valence-electron chi connectivity index (χ3n) is 3.67. The molecule has 0 spiro atoms. The van der Waals surface area contributed by atoms with Gasteiger partial charge in [-0.3, -0.25) is 0 Å². The Kier molecular flexibility index (Phi) is 3.28. The molecule has 3 N–H and O–H groups in total. The van der Waals surface area contributed by atoms with Crippen LogP contribution in [0.15, 0.2) is 24.4 Å². The number of benzene rings is 1. The number of rotatable bonds is 2. The predicted octanol–water partition coefficient (Wildman–Crippen LogP) is 2.19. The van der Waals surface area contributed by atoms with Crippen LogP contribution in [0.3, 0.4) is 0 Å². The number of aromatic nitrogens is 2. The number of nitrogens with two attached hydrogens (primary N) is 1. The molecule has 0 bridgehead atoms. The van der Waals surface area contributed by atoms with Gasteiger partial charge in [-0.1, -0.05) is 0 Å². The lowest BCUT2D eigenvalue weighted by atomic mass is 9.93. The van der Waals surface area contributed by atoms with E-state index >= 15 is 0 Å². The first-order valence-corrected chi connectivity index (χ1v) is 6.68. The third kappa shape index (κ3) is 2.20. The number of hydrogen-bond donors (Lipinski definition) is 2. The minimum atomic E-state index is 0.0390. The monoisotopic (exact) mass is 271 g/mol. The van der Waals surface area contributed by atoms with Crippen molar-refractivity contribution >= 4 is 0 Å². The third-order valence-corrected chi connectivity index (χ3v) is 3.67. The minimum Gasteiger partial charge on any atom is -0.504 e. The zero-order valence-electron chi connectivity index (χ0n) is 11.3. The van der Waals surface area contributed by atoms with Gasteiger partial charge in [-0.05, 0) is 37.5 Å². The van der Waals surface area contributed by atoms with Gasteiger partial charge >= 0.3 is 0 Å². The highest BCUT2D eigenvalue weighted by Crippen LogP contribution is 2.32. The summed E-state index contributed by atoms with van der Waals surface area (Å²) in [6.45, 7) is 0. The van der Waals surface area contributed by atoms with Gasteiger partial charge in [-0.25, -0.2) is 9.97 Å². The number of fused-ring (bicyclic) bond motifs is 1. The second-order valence-corrected chi connectivity index (χ2v) is 4.98. The molecule has 20 heavy (non-hydrogen) atoms. The molecular weight excluding hydrogens is 254 g/mol. The molecule has 104 valence electrons. The SMILES string of the molecule is COc1ccc(-c2ncc3c(n2)CCCC3N)cc1O. The molecule has 1 aliphatic rings. The summed E-state index contributed by atoms with van der Waals surface area (Å²) in [6.07, 6.45) is 4.78. The van der Waals surface area contributed by atoms with Crippen molar-refractivity contribution in [2.75, 3.05) is 7.11 Å². The van der Waals surface area contributed by atoms with Crippen LogP contribution in [0, 0.1) is 0 Å². The number of ether oxygens (including phenoxy) is 1. The Balaban J connectivity index is 2.00.